The van der Waals surface area contributed by atoms with Gasteiger partial charge in [-0.05, 0) is 11.6 Å². The van der Waals surface area contributed by atoms with Gasteiger partial charge in [-0.2, -0.15) is 0 Å². The van der Waals surface area contributed by atoms with Crippen LogP contribution in [0.1, 0.15) is 17.2 Å². The number of hydrogen-bond donors (Lipinski definition) is 1. The second kappa shape index (κ2) is 3.60. The molecular formula is C13H14N2O2. The number of para-hydroxylation sites is 1. The van der Waals surface area contributed by atoms with Crippen LogP contribution in [-0.2, 0) is 23.2 Å². The van der Waals surface area contributed by atoms with E-state index in [0.29, 0.717) is 13.2 Å². The van der Waals surface area contributed by atoms with E-state index in [2.05, 4.69) is 4.57 Å². The topological polar surface area (TPSA) is 57.2 Å². The maximum absolute atomic E-state index is 11.5. The second-order valence-corrected chi connectivity index (χ2v) is 4.41. The predicted octanol–water partition coefficient (Wildman–Crippen LogP) is 1.28. The molecule has 17 heavy (non-hydrogen) atoms. The van der Waals surface area contributed by atoms with Gasteiger partial charge >= 0.3 is 0 Å². The molecule has 4 heteroatoms. The molecule has 0 spiro atoms. The van der Waals surface area contributed by atoms with Crippen LogP contribution in [0.15, 0.2) is 24.3 Å². The smallest absolute Gasteiger partial charge is 0.227 e. The number of carbonyl (C=O) groups is 1. The van der Waals surface area contributed by atoms with Crippen molar-refractivity contribution in [2.45, 2.75) is 12.5 Å². The molecule has 1 aromatic heterocycles. The van der Waals surface area contributed by atoms with Crippen LogP contribution in [0.25, 0.3) is 10.9 Å². The number of aryl methyl sites for hydroxylation is 1. The molecule has 4 nitrogen and oxygen atoms in total. The number of carbonyl (C=O) groups excluding carboxylic acids is 1. The summed E-state index contributed by atoms with van der Waals surface area (Å²) in [5.41, 5.74) is 8.67. The first-order valence-corrected chi connectivity index (χ1v) is 5.63. The number of rotatable bonds is 1. The highest BCUT2D eigenvalue weighted by atomic mass is 16.5. The van der Waals surface area contributed by atoms with Crippen molar-refractivity contribution >= 4 is 16.8 Å². The van der Waals surface area contributed by atoms with Crippen molar-refractivity contribution in [3.05, 3.63) is 35.5 Å². The molecule has 1 aromatic carbocycles. The second-order valence-electron chi connectivity index (χ2n) is 4.41. The molecule has 3 rings (SSSR count). The minimum atomic E-state index is -0.329. The Morgan fingerprint density at radius 3 is 3.00 bits per heavy atom. The number of hydrogen-bond acceptors (Lipinski definition) is 2. The Labute approximate surface area is 99.0 Å². The van der Waals surface area contributed by atoms with Crippen LogP contribution >= 0.6 is 0 Å². The summed E-state index contributed by atoms with van der Waals surface area (Å²) in [5, 5.41) is 1.11. The summed E-state index contributed by atoms with van der Waals surface area (Å²) in [7, 11) is 1.99. The number of benzene rings is 1. The zero-order chi connectivity index (χ0) is 12.0. The zero-order valence-corrected chi connectivity index (χ0v) is 9.64. The van der Waals surface area contributed by atoms with Crippen LogP contribution in [0.3, 0.4) is 0 Å². The van der Waals surface area contributed by atoms with Gasteiger partial charge in [-0.1, -0.05) is 18.2 Å². The lowest BCUT2D eigenvalue weighted by Gasteiger charge is -2.21. The highest BCUT2D eigenvalue weighted by Gasteiger charge is 2.30. The number of nitrogens with two attached hydrogens (primary N) is 1. The minimum Gasteiger partial charge on any atom is -0.374 e. The fourth-order valence-electron chi connectivity index (χ4n) is 2.62. The molecule has 1 aliphatic heterocycles. The number of aromatic nitrogens is 1. The van der Waals surface area contributed by atoms with E-state index in [9.17, 15) is 4.79 Å². The Hall–Kier alpha value is -1.81. The Morgan fingerprint density at radius 1 is 1.47 bits per heavy atom. The van der Waals surface area contributed by atoms with Gasteiger partial charge in [0.05, 0.1) is 19.1 Å². The summed E-state index contributed by atoms with van der Waals surface area (Å²) in [6.45, 7) is 0.931. The number of primary amides is 1. The molecule has 1 amide bonds. The lowest BCUT2D eigenvalue weighted by Crippen LogP contribution is -2.29. The van der Waals surface area contributed by atoms with Gasteiger partial charge < -0.3 is 15.0 Å². The van der Waals surface area contributed by atoms with Gasteiger partial charge in [0.15, 0.2) is 0 Å². The van der Waals surface area contributed by atoms with Gasteiger partial charge in [0, 0.05) is 23.6 Å². The van der Waals surface area contributed by atoms with Gasteiger partial charge in [0.25, 0.3) is 0 Å². The Morgan fingerprint density at radius 2 is 2.24 bits per heavy atom. The van der Waals surface area contributed by atoms with Gasteiger partial charge in [-0.25, -0.2) is 0 Å². The minimum absolute atomic E-state index is 0.317. The van der Waals surface area contributed by atoms with Gasteiger partial charge in [-0.15, -0.1) is 0 Å². The first kappa shape index (κ1) is 10.4. The highest BCUT2D eigenvalue weighted by molar-refractivity contribution is 5.93. The third kappa shape index (κ3) is 1.37. The van der Waals surface area contributed by atoms with Crippen LogP contribution < -0.4 is 5.73 Å². The molecular weight excluding hydrogens is 216 g/mol. The largest absolute Gasteiger partial charge is 0.374 e. The Kier molecular flexibility index (Phi) is 2.19. The molecule has 0 radical (unpaired) electrons. The first-order chi connectivity index (χ1) is 8.20. The summed E-state index contributed by atoms with van der Waals surface area (Å²) in [6, 6.07) is 8.06. The third-order valence-electron chi connectivity index (χ3n) is 3.49. The lowest BCUT2D eigenvalue weighted by atomic mass is 9.94. The van der Waals surface area contributed by atoms with E-state index in [-0.39, 0.29) is 11.8 Å². The summed E-state index contributed by atoms with van der Waals surface area (Å²) < 4.78 is 7.54. The quantitative estimate of drug-likeness (QED) is 0.802. The normalized spacial score (nSPS) is 19.2. The molecule has 2 N–H and O–H groups in total. The summed E-state index contributed by atoms with van der Waals surface area (Å²) in [5.74, 6) is -0.646. The molecule has 0 aliphatic carbocycles. The summed E-state index contributed by atoms with van der Waals surface area (Å²) in [6.07, 6.45) is 0. The van der Waals surface area contributed by atoms with Crippen molar-refractivity contribution < 1.29 is 9.53 Å². The average Bonchev–Trinajstić information content (AvgIpc) is 2.64. The molecule has 1 atom stereocenters. The predicted molar refractivity (Wildman–Crippen MR) is 64.5 cm³/mol. The van der Waals surface area contributed by atoms with E-state index in [4.69, 9.17) is 10.5 Å². The third-order valence-corrected chi connectivity index (χ3v) is 3.49. The van der Waals surface area contributed by atoms with Gasteiger partial charge in [-0.3, -0.25) is 4.79 Å². The molecule has 2 aromatic rings. The van der Waals surface area contributed by atoms with E-state index in [1.54, 1.807) is 0 Å². The first-order valence-electron chi connectivity index (χ1n) is 5.63. The van der Waals surface area contributed by atoms with Crippen molar-refractivity contribution in [2.75, 3.05) is 6.61 Å². The van der Waals surface area contributed by atoms with E-state index in [1.165, 1.54) is 0 Å². The zero-order valence-electron chi connectivity index (χ0n) is 9.64. The van der Waals surface area contributed by atoms with Gasteiger partial charge in [0.2, 0.25) is 5.91 Å². The molecule has 0 bridgehead atoms. The lowest BCUT2D eigenvalue weighted by molar-refractivity contribution is -0.121. The maximum atomic E-state index is 11.5. The van der Waals surface area contributed by atoms with Crippen LogP contribution in [-0.4, -0.2) is 17.1 Å². The number of amides is 1. The summed E-state index contributed by atoms with van der Waals surface area (Å²) >= 11 is 0. The van der Waals surface area contributed by atoms with Crippen molar-refractivity contribution in [1.29, 1.82) is 0 Å². The molecule has 0 fully saturated rings. The molecule has 1 unspecified atom stereocenters. The number of ether oxygens (including phenoxy) is 1. The van der Waals surface area contributed by atoms with E-state index in [0.717, 1.165) is 22.2 Å². The molecule has 0 saturated carbocycles. The van der Waals surface area contributed by atoms with Gasteiger partial charge in [0.1, 0.15) is 0 Å². The van der Waals surface area contributed by atoms with Crippen molar-refractivity contribution in [3.8, 4) is 0 Å². The van der Waals surface area contributed by atoms with Crippen LogP contribution in [0, 0.1) is 0 Å². The Balaban J connectivity index is 2.35. The fraction of sp³-hybridized carbons (Fsp3) is 0.308. The maximum Gasteiger partial charge on any atom is 0.227 e. The highest BCUT2D eigenvalue weighted by Crippen LogP contribution is 2.35. The molecule has 1 aliphatic rings. The van der Waals surface area contributed by atoms with E-state index >= 15 is 0 Å². The van der Waals surface area contributed by atoms with E-state index < -0.39 is 0 Å². The number of nitrogens with zero attached hydrogens (tertiary/aromatic N) is 1. The standard InChI is InChI=1S/C13H14N2O2/c1-15-10-5-3-2-4-8(10)12-9(13(14)16)6-17-7-11(12)15/h2-5,9H,6-7H2,1H3,(H2,14,16). The van der Waals surface area contributed by atoms with E-state index in [1.807, 2.05) is 31.3 Å². The van der Waals surface area contributed by atoms with Crippen LogP contribution in [0.5, 0.6) is 0 Å². The fourth-order valence-corrected chi connectivity index (χ4v) is 2.62. The Bertz CT molecular complexity index is 601. The van der Waals surface area contributed by atoms with Crippen LogP contribution in [0.2, 0.25) is 0 Å². The molecule has 0 saturated heterocycles. The molecule has 2 heterocycles. The van der Waals surface area contributed by atoms with Crippen molar-refractivity contribution in [2.24, 2.45) is 12.8 Å². The van der Waals surface area contributed by atoms with Crippen molar-refractivity contribution in [1.82, 2.24) is 4.57 Å². The average molecular weight is 230 g/mol. The SMILES string of the molecule is Cn1c2c(c3ccccc31)C(C(N)=O)COC2. The van der Waals surface area contributed by atoms with Crippen molar-refractivity contribution in [3.63, 3.8) is 0 Å². The molecule has 88 valence electrons. The monoisotopic (exact) mass is 230 g/mol. The summed E-state index contributed by atoms with van der Waals surface area (Å²) in [4.78, 5) is 11.5. The number of fused-ring (bicyclic) bond motifs is 3. The van der Waals surface area contributed by atoms with Crippen LogP contribution in [0.4, 0.5) is 0 Å².